The monoisotopic (exact) mass is 602 g/mol. The second-order valence-electron chi connectivity index (χ2n) is 12.2. The van der Waals surface area contributed by atoms with Gasteiger partial charge in [-0.05, 0) is 32.1 Å². The predicted octanol–water partition coefficient (Wildman–Crippen LogP) is 6.82. The van der Waals surface area contributed by atoms with Gasteiger partial charge in [-0.2, -0.15) is 0 Å². The molecule has 0 aliphatic rings. The number of nitrogens with zero attached hydrogens (tertiary/aromatic N) is 1. The lowest BCUT2D eigenvalue weighted by molar-refractivity contribution is -0.870. The Morgan fingerprint density at radius 3 is 1.98 bits per heavy atom. The molecule has 0 heterocycles. The number of unbranched alkanes of at least 4 members (excludes halogenated alkanes) is 13. The van der Waals surface area contributed by atoms with E-state index in [2.05, 4.69) is 31.3 Å². The Hall–Kier alpha value is -1.02. The van der Waals surface area contributed by atoms with E-state index in [0.717, 1.165) is 38.5 Å². The number of phosphoric acid groups is 1. The Morgan fingerprint density at radius 2 is 1.37 bits per heavy atom. The average Bonchev–Trinajstić information content (AvgIpc) is 2.90. The van der Waals surface area contributed by atoms with Crippen LogP contribution in [0, 0.1) is 0 Å². The highest BCUT2D eigenvalue weighted by Crippen LogP contribution is 2.38. The van der Waals surface area contributed by atoms with Crippen molar-refractivity contribution in [1.29, 1.82) is 0 Å². The fraction of sp³-hybridized carbons (Fsp3) is 0.844. The highest BCUT2D eigenvalue weighted by Gasteiger charge is 2.23. The van der Waals surface area contributed by atoms with Gasteiger partial charge >= 0.3 is 0 Å². The minimum Gasteiger partial charge on any atom is -0.756 e. The van der Waals surface area contributed by atoms with Crippen molar-refractivity contribution in [3.8, 4) is 0 Å². The molecular formula is C32H63N2O6P. The minimum absolute atomic E-state index is 0.00569. The standard InChI is InChI=1S/C32H63N2O6P/c1-6-8-10-12-14-15-16-17-18-19-20-21-23-25-31(35)30(33-32(36)26-24-22-13-11-9-7-2)29-40-41(37,38)39-28-27-34(3,4)5/h18-19,23,25,30-31,35H,6-17,20-22,24,26-29H2,1-5H3,(H-,33,36,37,38)/b19-18+,25-23+. The largest absolute Gasteiger partial charge is 0.756 e. The van der Waals surface area contributed by atoms with Crippen LogP contribution < -0.4 is 10.2 Å². The van der Waals surface area contributed by atoms with Crippen LogP contribution in [0.4, 0.5) is 0 Å². The number of likely N-dealkylation sites (N-methyl/N-ethyl adjacent to an activating group) is 1. The molecule has 0 aromatic carbocycles. The maximum Gasteiger partial charge on any atom is 0.268 e. The number of hydrogen-bond acceptors (Lipinski definition) is 6. The number of hydrogen-bond donors (Lipinski definition) is 2. The molecule has 0 aliphatic carbocycles. The first-order valence-electron chi connectivity index (χ1n) is 16.2. The van der Waals surface area contributed by atoms with Gasteiger partial charge in [0.25, 0.3) is 7.82 Å². The van der Waals surface area contributed by atoms with E-state index < -0.39 is 26.6 Å². The molecule has 0 bridgehead atoms. The summed E-state index contributed by atoms with van der Waals surface area (Å²) >= 11 is 0. The molecule has 0 fully saturated rings. The molecule has 8 nitrogen and oxygen atoms in total. The van der Waals surface area contributed by atoms with Crippen molar-refractivity contribution in [3.63, 3.8) is 0 Å². The lowest BCUT2D eigenvalue weighted by Gasteiger charge is -2.29. The van der Waals surface area contributed by atoms with Crippen LogP contribution in [0.25, 0.3) is 0 Å². The van der Waals surface area contributed by atoms with E-state index in [4.69, 9.17) is 9.05 Å². The van der Waals surface area contributed by atoms with Gasteiger partial charge in [0, 0.05) is 6.42 Å². The Kier molecular flexibility index (Phi) is 24.8. The van der Waals surface area contributed by atoms with E-state index in [1.807, 2.05) is 27.2 Å². The number of quaternary nitrogens is 1. The molecule has 9 heteroatoms. The number of allylic oxidation sites excluding steroid dienone is 3. The number of carbonyl (C=O) groups is 1. The van der Waals surface area contributed by atoms with Crippen molar-refractivity contribution in [1.82, 2.24) is 5.32 Å². The summed E-state index contributed by atoms with van der Waals surface area (Å²) < 4.78 is 22.9. The van der Waals surface area contributed by atoms with Crippen LogP contribution in [0.1, 0.15) is 123 Å². The Labute approximate surface area is 252 Å². The normalized spacial score (nSPS) is 15.4. The molecule has 0 aromatic heterocycles. The number of aliphatic hydroxyl groups excluding tert-OH is 1. The molecule has 0 rings (SSSR count). The van der Waals surface area contributed by atoms with Gasteiger partial charge in [-0.1, -0.05) is 109 Å². The number of aliphatic hydroxyl groups is 1. The first-order valence-corrected chi connectivity index (χ1v) is 17.7. The van der Waals surface area contributed by atoms with E-state index in [-0.39, 0.29) is 12.5 Å². The molecule has 0 saturated heterocycles. The molecule has 0 aliphatic heterocycles. The van der Waals surface area contributed by atoms with Crippen LogP contribution in [-0.4, -0.2) is 68.5 Å². The summed E-state index contributed by atoms with van der Waals surface area (Å²) in [5, 5.41) is 13.5. The Balaban J connectivity index is 4.67. The maximum absolute atomic E-state index is 12.6. The number of carbonyl (C=O) groups excluding carboxylic acids is 1. The van der Waals surface area contributed by atoms with Gasteiger partial charge in [0.2, 0.25) is 5.91 Å². The zero-order chi connectivity index (χ0) is 30.8. The molecule has 0 spiro atoms. The molecule has 1 amide bonds. The van der Waals surface area contributed by atoms with Gasteiger partial charge in [-0.3, -0.25) is 9.36 Å². The third-order valence-corrected chi connectivity index (χ3v) is 7.88. The summed E-state index contributed by atoms with van der Waals surface area (Å²) in [5.41, 5.74) is 0. The van der Waals surface area contributed by atoms with Crippen molar-refractivity contribution in [2.24, 2.45) is 0 Å². The third-order valence-electron chi connectivity index (χ3n) is 6.91. The SMILES string of the molecule is CCCCCCCCC/C=C/CC/C=C/C(O)C(COP(=O)([O-])OCC[N+](C)(C)C)NC(=O)CCCCCCCC. The van der Waals surface area contributed by atoms with Crippen LogP contribution in [-0.2, 0) is 18.4 Å². The van der Waals surface area contributed by atoms with Crippen LogP contribution >= 0.6 is 7.82 Å². The van der Waals surface area contributed by atoms with E-state index in [1.165, 1.54) is 64.2 Å². The van der Waals surface area contributed by atoms with Gasteiger partial charge in [0.1, 0.15) is 13.2 Å². The zero-order valence-corrected chi connectivity index (χ0v) is 27.9. The predicted molar refractivity (Wildman–Crippen MR) is 168 cm³/mol. The fourth-order valence-electron chi connectivity index (χ4n) is 4.22. The molecule has 2 N–H and O–H groups in total. The van der Waals surface area contributed by atoms with Gasteiger partial charge < -0.3 is 28.8 Å². The topological polar surface area (TPSA) is 108 Å². The van der Waals surface area contributed by atoms with Crippen molar-refractivity contribution in [2.45, 2.75) is 135 Å². The van der Waals surface area contributed by atoms with Gasteiger partial charge in [0.15, 0.2) is 0 Å². The fourth-order valence-corrected chi connectivity index (χ4v) is 4.95. The Morgan fingerprint density at radius 1 is 0.829 bits per heavy atom. The summed E-state index contributed by atoms with van der Waals surface area (Å²) in [7, 11) is 1.24. The Bertz CT molecular complexity index is 738. The van der Waals surface area contributed by atoms with Crippen molar-refractivity contribution in [2.75, 3.05) is 40.9 Å². The molecule has 0 aromatic rings. The van der Waals surface area contributed by atoms with Crippen LogP contribution in [0.15, 0.2) is 24.3 Å². The summed E-state index contributed by atoms with van der Waals surface area (Å²) in [6, 6.07) is -0.893. The van der Waals surface area contributed by atoms with Crippen LogP contribution in [0.5, 0.6) is 0 Å². The van der Waals surface area contributed by atoms with E-state index >= 15 is 0 Å². The molecule has 3 unspecified atom stereocenters. The van der Waals surface area contributed by atoms with Crippen LogP contribution in [0.3, 0.4) is 0 Å². The molecular weight excluding hydrogens is 539 g/mol. The van der Waals surface area contributed by atoms with Gasteiger partial charge in [-0.25, -0.2) is 0 Å². The van der Waals surface area contributed by atoms with Crippen molar-refractivity contribution < 1.29 is 32.9 Å². The van der Waals surface area contributed by atoms with Gasteiger partial charge in [0.05, 0.1) is 39.9 Å². The summed E-state index contributed by atoms with van der Waals surface area (Å²) in [6.07, 6.45) is 25.3. The molecule has 41 heavy (non-hydrogen) atoms. The molecule has 0 saturated carbocycles. The summed E-state index contributed by atoms with van der Waals surface area (Å²) in [5.74, 6) is -0.221. The maximum atomic E-state index is 12.6. The first kappa shape index (κ1) is 40.0. The first-order chi connectivity index (χ1) is 19.5. The molecule has 242 valence electrons. The minimum atomic E-state index is -4.57. The lowest BCUT2D eigenvalue weighted by Crippen LogP contribution is -2.45. The second-order valence-corrected chi connectivity index (χ2v) is 13.6. The zero-order valence-electron chi connectivity index (χ0n) is 27.0. The van der Waals surface area contributed by atoms with Crippen LogP contribution in [0.2, 0.25) is 0 Å². The number of amides is 1. The summed E-state index contributed by atoms with van der Waals surface area (Å²) in [6.45, 7) is 4.50. The second kappa shape index (κ2) is 25.5. The smallest absolute Gasteiger partial charge is 0.268 e. The number of rotatable bonds is 28. The molecule has 3 atom stereocenters. The van der Waals surface area contributed by atoms with E-state index in [0.29, 0.717) is 17.4 Å². The number of nitrogens with one attached hydrogen (secondary N) is 1. The molecule has 0 radical (unpaired) electrons. The lowest BCUT2D eigenvalue weighted by atomic mass is 10.1. The quantitative estimate of drug-likeness (QED) is 0.0440. The van der Waals surface area contributed by atoms with Crippen molar-refractivity contribution in [3.05, 3.63) is 24.3 Å². The summed E-state index contributed by atoms with van der Waals surface area (Å²) in [4.78, 5) is 24.8. The highest BCUT2D eigenvalue weighted by atomic mass is 31.2. The number of phosphoric ester groups is 1. The van der Waals surface area contributed by atoms with Crippen molar-refractivity contribution >= 4 is 13.7 Å². The third kappa shape index (κ3) is 27.6. The average molecular weight is 603 g/mol. The van der Waals surface area contributed by atoms with E-state index in [1.54, 1.807) is 6.08 Å². The van der Waals surface area contributed by atoms with Gasteiger partial charge in [-0.15, -0.1) is 0 Å². The van der Waals surface area contributed by atoms with E-state index in [9.17, 15) is 19.4 Å². The highest BCUT2D eigenvalue weighted by molar-refractivity contribution is 7.45.